The molecule has 2 fully saturated rings. The first kappa shape index (κ1) is 24.1. The summed E-state index contributed by atoms with van der Waals surface area (Å²) in [6, 6.07) is 10.2. The number of nitrogens with zero attached hydrogens (tertiary/aromatic N) is 2. The molecule has 2 aromatic heterocycles. The van der Waals surface area contributed by atoms with Crippen molar-refractivity contribution in [2.24, 2.45) is 5.92 Å². The number of benzene rings is 1. The second kappa shape index (κ2) is 9.46. The van der Waals surface area contributed by atoms with Crippen molar-refractivity contribution >= 4 is 33.8 Å². The molecule has 10 heteroatoms. The number of halogens is 4. The number of rotatable bonds is 7. The van der Waals surface area contributed by atoms with Gasteiger partial charge in [0, 0.05) is 35.0 Å². The van der Waals surface area contributed by atoms with Gasteiger partial charge in [-0.05, 0) is 56.6 Å². The van der Waals surface area contributed by atoms with Crippen molar-refractivity contribution in [3.05, 3.63) is 41.3 Å². The number of hydrogen-bond donors (Lipinski definition) is 2. The molecule has 1 aliphatic carbocycles. The van der Waals surface area contributed by atoms with Gasteiger partial charge >= 0.3 is 6.18 Å². The highest BCUT2D eigenvalue weighted by molar-refractivity contribution is 7.15. The summed E-state index contributed by atoms with van der Waals surface area (Å²) in [5.41, 5.74) is 1.54. The lowest BCUT2D eigenvalue weighted by Gasteiger charge is -2.33. The molecule has 1 saturated carbocycles. The second-order valence-electron chi connectivity index (χ2n) is 9.55. The maximum absolute atomic E-state index is 14.7. The van der Waals surface area contributed by atoms with Gasteiger partial charge in [-0.3, -0.25) is 4.79 Å². The van der Waals surface area contributed by atoms with Crippen LogP contribution in [-0.2, 0) is 17.9 Å². The van der Waals surface area contributed by atoms with E-state index < -0.39 is 24.9 Å². The number of piperidine rings is 1. The minimum absolute atomic E-state index is 0.0296. The van der Waals surface area contributed by atoms with Gasteiger partial charge in [-0.1, -0.05) is 6.07 Å². The normalized spacial score (nSPS) is 21.4. The lowest BCUT2D eigenvalue weighted by atomic mass is 10.0. The Labute approximate surface area is 205 Å². The highest BCUT2D eigenvalue weighted by Gasteiger charge is 2.32. The summed E-state index contributed by atoms with van der Waals surface area (Å²) in [4.78, 5) is 15.5. The average Bonchev–Trinajstić information content (AvgIpc) is 3.44. The maximum Gasteiger partial charge on any atom is 0.406 e. The van der Waals surface area contributed by atoms with Crippen LogP contribution in [0.1, 0.15) is 24.1 Å². The van der Waals surface area contributed by atoms with E-state index in [2.05, 4.69) is 10.6 Å². The van der Waals surface area contributed by atoms with Gasteiger partial charge in [0.15, 0.2) is 0 Å². The topological polar surface area (TPSA) is 49.3 Å². The number of carbonyl (C=O) groups excluding carboxylic acids is 1. The fourth-order valence-electron chi connectivity index (χ4n) is 4.66. The first-order valence-electron chi connectivity index (χ1n) is 11.8. The minimum Gasteiger partial charge on any atom is -0.379 e. The van der Waals surface area contributed by atoms with Crippen LogP contribution >= 0.6 is 11.3 Å². The molecular formula is C25H28F4N4OS. The van der Waals surface area contributed by atoms with Gasteiger partial charge in [-0.15, -0.1) is 11.3 Å². The van der Waals surface area contributed by atoms with Crippen molar-refractivity contribution in [1.82, 2.24) is 14.8 Å². The van der Waals surface area contributed by atoms with Gasteiger partial charge in [0.2, 0.25) is 5.91 Å². The number of thiophene rings is 1. The zero-order chi connectivity index (χ0) is 24.7. The molecule has 35 heavy (non-hydrogen) atoms. The van der Waals surface area contributed by atoms with Crippen LogP contribution in [0.5, 0.6) is 0 Å². The predicted octanol–water partition coefficient (Wildman–Crippen LogP) is 5.41. The third-order valence-corrected chi connectivity index (χ3v) is 7.78. The second-order valence-corrected chi connectivity index (χ2v) is 10.7. The quantitative estimate of drug-likeness (QED) is 0.420. The molecule has 0 bridgehead atoms. The summed E-state index contributed by atoms with van der Waals surface area (Å²) < 4.78 is 56.6. The number of likely N-dealkylation sites (tertiary alicyclic amines) is 1. The Bertz CT molecular complexity index is 1220. The molecule has 0 spiro atoms. The molecule has 2 aliphatic rings. The Morgan fingerprint density at radius 3 is 2.69 bits per heavy atom. The van der Waals surface area contributed by atoms with E-state index in [1.807, 2.05) is 18.0 Å². The van der Waals surface area contributed by atoms with Gasteiger partial charge in [0.1, 0.15) is 12.7 Å². The van der Waals surface area contributed by atoms with E-state index in [9.17, 15) is 22.4 Å². The first-order chi connectivity index (χ1) is 16.7. The Balaban J connectivity index is 1.46. The van der Waals surface area contributed by atoms with Crippen molar-refractivity contribution < 1.29 is 22.4 Å². The van der Waals surface area contributed by atoms with Crippen molar-refractivity contribution in [2.75, 3.05) is 25.5 Å². The van der Waals surface area contributed by atoms with E-state index in [1.54, 1.807) is 30.3 Å². The lowest BCUT2D eigenvalue weighted by molar-refractivity contribution is -0.139. The van der Waals surface area contributed by atoms with Crippen LogP contribution in [0.25, 0.3) is 21.5 Å². The fourth-order valence-corrected chi connectivity index (χ4v) is 5.63. The Morgan fingerprint density at radius 1 is 1.17 bits per heavy atom. The summed E-state index contributed by atoms with van der Waals surface area (Å²) in [5.74, 6) is 0.130. The fraction of sp³-hybridized carbons (Fsp3) is 0.480. The maximum atomic E-state index is 14.7. The SMILES string of the molecule is CN1CC[C@@H](Nc2cccc3c2cc(-c2ccc(CNC(=O)C4CC4)s2)n3CC(F)(F)F)[C@@H](F)C1. The molecule has 188 valence electrons. The molecule has 1 saturated heterocycles. The number of hydrogen-bond acceptors (Lipinski definition) is 4. The molecule has 0 unspecified atom stereocenters. The minimum atomic E-state index is -4.40. The predicted molar refractivity (Wildman–Crippen MR) is 130 cm³/mol. The summed E-state index contributed by atoms with van der Waals surface area (Å²) in [6.07, 6.45) is -3.02. The van der Waals surface area contributed by atoms with Crippen LogP contribution in [0.3, 0.4) is 0 Å². The molecule has 0 radical (unpaired) electrons. The number of amides is 1. The number of carbonyl (C=O) groups is 1. The van der Waals surface area contributed by atoms with Crippen molar-refractivity contribution in [3.8, 4) is 10.6 Å². The number of alkyl halides is 4. The molecule has 3 aromatic rings. The highest BCUT2D eigenvalue weighted by Crippen LogP contribution is 2.38. The molecule has 2 atom stereocenters. The van der Waals surface area contributed by atoms with Crippen LogP contribution in [0.4, 0.5) is 23.2 Å². The summed E-state index contributed by atoms with van der Waals surface area (Å²) in [6.45, 7) is 0.314. The number of aromatic nitrogens is 1. The van der Waals surface area contributed by atoms with Crippen LogP contribution < -0.4 is 10.6 Å². The third kappa shape index (κ3) is 5.48. The monoisotopic (exact) mass is 508 g/mol. The molecule has 1 aliphatic heterocycles. The Hall–Kier alpha value is -2.59. The summed E-state index contributed by atoms with van der Waals surface area (Å²) in [7, 11) is 1.87. The lowest BCUT2D eigenvalue weighted by Crippen LogP contribution is -2.46. The van der Waals surface area contributed by atoms with Gasteiger partial charge in [-0.2, -0.15) is 13.2 Å². The van der Waals surface area contributed by atoms with E-state index in [1.165, 1.54) is 15.9 Å². The van der Waals surface area contributed by atoms with E-state index in [4.69, 9.17) is 0 Å². The number of anilines is 1. The van der Waals surface area contributed by atoms with Crippen LogP contribution in [0.15, 0.2) is 36.4 Å². The molecule has 5 rings (SSSR count). The van der Waals surface area contributed by atoms with Crippen molar-refractivity contribution in [2.45, 2.75) is 50.7 Å². The molecule has 1 aromatic carbocycles. The van der Waals surface area contributed by atoms with Crippen LogP contribution in [-0.4, -0.2) is 53.9 Å². The largest absolute Gasteiger partial charge is 0.406 e. The van der Waals surface area contributed by atoms with Gasteiger partial charge in [-0.25, -0.2) is 4.39 Å². The molecule has 5 nitrogen and oxygen atoms in total. The summed E-state index contributed by atoms with van der Waals surface area (Å²) in [5, 5.41) is 6.80. The van der Waals surface area contributed by atoms with Crippen LogP contribution in [0.2, 0.25) is 0 Å². The number of nitrogens with one attached hydrogen (secondary N) is 2. The number of fused-ring (bicyclic) bond motifs is 1. The van der Waals surface area contributed by atoms with E-state index in [0.717, 1.165) is 24.3 Å². The molecular weight excluding hydrogens is 480 g/mol. The van der Waals surface area contributed by atoms with Gasteiger partial charge in [0.25, 0.3) is 0 Å². The van der Waals surface area contributed by atoms with Gasteiger partial charge < -0.3 is 20.1 Å². The zero-order valence-electron chi connectivity index (χ0n) is 19.4. The van der Waals surface area contributed by atoms with Gasteiger partial charge in [0.05, 0.1) is 28.7 Å². The smallest absolute Gasteiger partial charge is 0.379 e. The van der Waals surface area contributed by atoms with Crippen molar-refractivity contribution in [1.29, 1.82) is 0 Å². The summed E-state index contributed by atoms with van der Waals surface area (Å²) >= 11 is 1.37. The Kier molecular flexibility index (Phi) is 6.52. The third-order valence-electron chi connectivity index (χ3n) is 6.67. The van der Waals surface area contributed by atoms with Crippen molar-refractivity contribution in [3.63, 3.8) is 0 Å². The van der Waals surface area contributed by atoms with E-state index in [-0.39, 0.29) is 11.8 Å². The standard InChI is InChI=1S/C25H28F4N4OS/c1-32-10-9-20(18(26)13-32)31-19-3-2-4-21-17(19)11-22(33(21)14-25(27,28)29)23-8-7-16(35-23)12-30-24(34)15-5-6-15/h2-4,7-8,11,15,18,20,31H,5-6,9-10,12-14H2,1H3,(H,30,34)/t18-,20+/m0/s1. The van der Waals surface area contributed by atoms with E-state index >= 15 is 0 Å². The Morgan fingerprint density at radius 2 is 1.97 bits per heavy atom. The molecule has 3 heterocycles. The molecule has 2 N–H and O–H groups in total. The highest BCUT2D eigenvalue weighted by atomic mass is 32.1. The van der Waals surface area contributed by atoms with Crippen LogP contribution in [0, 0.1) is 5.92 Å². The average molecular weight is 509 g/mol. The first-order valence-corrected chi connectivity index (χ1v) is 12.6. The molecule has 1 amide bonds. The van der Waals surface area contributed by atoms with E-state index in [0.29, 0.717) is 46.7 Å². The zero-order valence-corrected chi connectivity index (χ0v) is 20.2.